The Balaban J connectivity index is 1.82. The molecule has 6 nitrogen and oxygen atoms in total. The maximum atomic E-state index is 12.3. The van der Waals surface area contributed by atoms with Crippen molar-refractivity contribution < 1.29 is 13.9 Å². The zero-order valence-corrected chi connectivity index (χ0v) is 15.5. The van der Waals surface area contributed by atoms with Gasteiger partial charge in [0.25, 0.3) is 5.56 Å². The molecule has 4 rings (SSSR count). The Morgan fingerprint density at radius 2 is 1.89 bits per heavy atom. The molecule has 0 spiro atoms. The number of ether oxygens (including phenoxy) is 1. The molecule has 0 aliphatic rings. The lowest BCUT2D eigenvalue weighted by molar-refractivity contribution is 0.0598. The van der Waals surface area contributed by atoms with Crippen molar-refractivity contribution in [1.29, 1.82) is 0 Å². The summed E-state index contributed by atoms with van der Waals surface area (Å²) in [7, 11) is 1.25. The number of nitrogens with one attached hydrogen (secondary N) is 1. The van der Waals surface area contributed by atoms with Crippen LogP contribution in [-0.4, -0.2) is 23.0 Å². The number of rotatable bonds is 4. The summed E-state index contributed by atoms with van der Waals surface area (Å²) in [6.07, 6.45) is 0.639. The highest BCUT2D eigenvalue weighted by molar-refractivity contribution is 5.90. The SMILES string of the molecule is CCc1cc(C(=O)OC)c(=O)[nH]c1-c1ccc2nc(-c3ccccc3)oc2c1. The second-order valence-electron chi connectivity index (χ2n) is 6.33. The van der Waals surface area contributed by atoms with Crippen LogP contribution in [0.4, 0.5) is 0 Å². The van der Waals surface area contributed by atoms with Crippen LogP contribution in [0.5, 0.6) is 0 Å². The van der Waals surface area contributed by atoms with Gasteiger partial charge < -0.3 is 14.1 Å². The quantitative estimate of drug-likeness (QED) is 0.541. The van der Waals surface area contributed by atoms with Crippen LogP contribution in [0, 0.1) is 0 Å². The molecule has 0 bridgehead atoms. The average Bonchev–Trinajstić information content (AvgIpc) is 3.17. The van der Waals surface area contributed by atoms with Gasteiger partial charge in [-0.2, -0.15) is 0 Å². The predicted octanol–water partition coefficient (Wildman–Crippen LogP) is 4.20. The van der Waals surface area contributed by atoms with Gasteiger partial charge in [-0.3, -0.25) is 4.79 Å². The molecule has 0 unspecified atom stereocenters. The Labute approximate surface area is 160 Å². The third-order valence-corrected chi connectivity index (χ3v) is 4.61. The summed E-state index contributed by atoms with van der Waals surface area (Å²) in [6.45, 7) is 1.96. The molecule has 1 N–H and O–H groups in total. The van der Waals surface area contributed by atoms with Gasteiger partial charge in [0.15, 0.2) is 5.58 Å². The Hall–Kier alpha value is -3.67. The van der Waals surface area contributed by atoms with Gasteiger partial charge >= 0.3 is 5.97 Å². The molecule has 140 valence electrons. The number of methoxy groups -OCH3 is 1. The molecule has 0 aliphatic carbocycles. The number of fused-ring (bicyclic) bond motifs is 1. The smallest absolute Gasteiger partial charge is 0.343 e. The fraction of sp³-hybridized carbons (Fsp3) is 0.136. The summed E-state index contributed by atoms with van der Waals surface area (Å²) >= 11 is 0. The third kappa shape index (κ3) is 3.09. The molecule has 0 aliphatic heterocycles. The van der Waals surface area contributed by atoms with Gasteiger partial charge in [-0.25, -0.2) is 9.78 Å². The molecule has 4 aromatic rings. The highest BCUT2D eigenvalue weighted by Crippen LogP contribution is 2.29. The molecule has 2 aromatic carbocycles. The van der Waals surface area contributed by atoms with Gasteiger partial charge in [0.05, 0.1) is 12.8 Å². The first kappa shape index (κ1) is 17.7. The van der Waals surface area contributed by atoms with Crippen LogP contribution < -0.4 is 5.56 Å². The minimum Gasteiger partial charge on any atom is -0.465 e. The van der Waals surface area contributed by atoms with Crippen molar-refractivity contribution in [3.8, 4) is 22.7 Å². The van der Waals surface area contributed by atoms with Crippen LogP contribution in [0.2, 0.25) is 0 Å². The highest BCUT2D eigenvalue weighted by atomic mass is 16.5. The Morgan fingerprint density at radius 3 is 2.61 bits per heavy atom. The van der Waals surface area contributed by atoms with E-state index >= 15 is 0 Å². The number of nitrogens with zero attached hydrogens (tertiary/aromatic N) is 1. The van der Waals surface area contributed by atoms with Crippen LogP contribution in [0.15, 0.2) is 63.8 Å². The molecule has 28 heavy (non-hydrogen) atoms. The van der Waals surface area contributed by atoms with Crippen molar-refractivity contribution in [3.63, 3.8) is 0 Å². The lowest BCUT2D eigenvalue weighted by Gasteiger charge is -2.09. The maximum Gasteiger partial charge on any atom is 0.343 e. The topological polar surface area (TPSA) is 85.2 Å². The number of benzene rings is 2. The number of hydrogen-bond acceptors (Lipinski definition) is 5. The van der Waals surface area contributed by atoms with E-state index in [-0.39, 0.29) is 5.56 Å². The lowest BCUT2D eigenvalue weighted by atomic mass is 10.0. The van der Waals surface area contributed by atoms with Gasteiger partial charge in [-0.1, -0.05) is 31.2 Å². The molecule has 0 amide bonds. The molecule has 2 aromatic heterocycles. The van der Waals surface area contributed by atoms with Crippen molar-refractivity contribution >= 4 is 17.1 Å². The van der Waals surface area contributed by atoms with E-state index in [0.29, 0.717) is 23.6 Å². The number of H-pyrrole nitrogens is 1. The molecule has 0 fully saturated rings. The van der Waals surface area contributed by atoms with Crippen LogP contribution >= 0.6 is 0 Å². The molecule has 0 radical (unpaired) electrons. The molecular weight excluding hydrogens is 356 g/mol. The maximum absolute atomic E-state index is 12.3. The van der Waals surface area contributed by atoms with E-state index in [9.17, 15) is 9.59 Å². The van der Waals surface area contributed by atoms with Crippen LogP contribution in [0.25, 0.3) is 33.8 Å². The zero-order chi connectivity index (χ0) is 19.7. The third-order valence-electron chi connectivity index (χ3n) is 4.61. The summed E-state index contributed by atoms with van der Waals surface area (Å²) in [4.78, 5) is 31.5. The monoisotopic (exact) mass is 374 g/mol. The molecule has 0 atom stereocenters. The fourth-order valence-electron chi connectivity index (χ4n) is 3.16. The van der Waals surface area contributed by atoms with E-state index in [1.54, 1.807) is 6.07 Å². The van der Waals surface area contributed by atoms with Crippen molar-refractivity contribution in [3.05, 3.63) is 76.1 Å². The van der Waals surface area contributed by atoms with Crippen molar-refractivity contribution in [2.75, 3.05) is 7.11 Å². The molecule has 2 heterocycles. The summed E-state index contributed by atoms with van der Waals surface area (Å²) in [5, 5.41) is 0. The van der Waals surface area contributed by atoms with E-state index in [0.717, 1.165) is 22.2 Å². The van der Waals surface area contributed by atoms with Crippen molar-refractivity contribution in [2.24, 2.45) is 0 Å². The van der Waals surface area contributed by atoms with Gasteiger partial charge in [-0.05, 0) is 42.3 Å². The largest absolute Gasteiger partial charge is 0.465 e. The molecular formula is C22H18N2O4. The van der Waals surface area contributed by atoms with Crippen LogP contribution in [0.1, 0.15) is 22.8 Å². The number of esters is 1. The van der Waals surface area contributed by atoms with E-state index in [2.05, 4.69) is 14.7 Å². The number of carbonyl (C=O) groups excluding carboxylic acids is 1. The standard InChI is InChI=1S/C22H18N2O4/c1-3-13-11-16(22(26)27-2)20(25)24-19(13)15-9-10-17-18(12-15)28-21(23-17)14-7-5-4-6-8-14/h4-12H,3H2,1-2H3,(H,24,25). The first-order chi connectivity index (χ1) is 13.6. The van der Waals surface area contributed by atoms with Crippen LogP contribution in [0.3, 0.4) is 0 Å². The van der Waals surface area contributed by atoms with Crippen LogP contribution in [-0.2, 0) is 11.2 Å². The summed E-state index contributed by atoms with van der Waals surface area (Å²) in [6, 6.07) is 16.8. The number of aryl methyl sites for hydroxylation is 1. The Morgan fingerprint density at radius 1 is 1.11 bits per heavy atom. The number of hydrogen-bond donors (Lipinski definition) is 1. The Bertz CT molecular complexity index is 1220. The highest BCUT2D eigenvalue weighted by Gasteiger charge is 2.16. The van der Waals surface area contributed by atoms with Gasteiger partial charge in [0, 0.05) is 11.1 Å². The normalized spacial score (nSPS) is 10.9. The van der Waals surface area contributed by atoms with E-state index < -0.39 is 11.5 Å². The zero-order valence-electron chi connectivity index (χ0n) is 15.5. The molecule has 0 saturated carbocycles. The second kappa shape index (κ2) is 7.15. The second-order valence-corrected chi connectivity index (χ2v) is 6.33. The summed E-state index contributed by atoms with van der Waals surface area (Å²) in [5.74, 6) is -0.112. The molecule has 6 heteroatoms. The lowest BCUT2D eigenvalue weighted by Crippen LogP contribution is -2.20. The minimum atomic E-state index is -0.652. The Kier molecular flexibility index (Phi) is 4.53. The van der Waals surface area contributed by atoms with Gasteiger partial charge in [-0.15, -0.1) is 0 Å². The first-order valence-electron chi connectivity index (χ1n) is 8.91. The fourth-order valence-corrected chi connectivity index (χ4v) is 3.16. The van der Waals surface area contributed by atoms with E-state index in [4.69, 9.17) is 4.42 Å². The number of carbonyl (C=O) groups is 1. The van der Waals surface area contributed by atoms with Crippen molar-refractivity contribution in [2.45, 2.75) is 13.3 Å². The summed E-state index contributed by atoms with van der Waals surface area (Å²) in [5.41, 5.74) is 4.03. The average molecular weight is 374 g/mol. The van der Waals surface area contributed by atoms with E-state index in [1.807, 2.05) is 55.5 Å². The first-order valence-corrected chi connectivity index (χ1v) is 8.91. The number of aromatic nitrogens is 2. The van der Waals surface area contributed by atoms with Crippen molar-refractivity contribution in [1.82, 2.24) is 9.97 Å². The number of aromatic amines is 1. The van der Waals surface area contributed by atoms with Gasteiger partial charge in [0.1, 0.15) is 11.1 Å². The van der Waals surface area contributed by atoms with Gasteiger partial charge in [0.2, 0.25) is 5.89 Å². The minimum absolute atomic E-state index is 0.00444. The molecule has 0 saturated heterocycles. The van der Waals surface area contributed by atoms with E-state index in [1.165, 1.54) is 7.11 Å². The summed E-state index contributed by atoms with van der Waals surface area (Å²) < 4.78 is 10.6. The number of pyridine rings is 1. The number of oxazole rings is 1. The predicted molar refractivity (Wildman–Crippen MR) is 106 cm³/mol.